The van der Waals surface area contributed by atoms with E-state index < -0.39 is 29.0 Å². The largest absolute Gasteiger partial charge is 0.502 e. The van der Waals surface area contributed by atoms with Crippen LogP contribution in [0.3, 0.4) is 0 Å². The number of aromatic nitrogens is 2. The van der Waals surface area contributed by atoms with Crippen LogP contribution in [-0.2, 0) is 0 Å². The molecule has 0 aliphatic carbocycles. The summed E-state index contributed by atoms with van der Waals surface area (Å²) < 4.78 is 16.6. The molecule has 0 radical (unpaired) electrons. The monoisotopic (exact) mass is 419 g/mol. The Balaban J connectivity index is 1.82. The van der Waals surface area contributed by atoms with Crippen molar-refractivity contribution < 1.29 is 14.3 Å². The van der Waals surface area contributed by atoms with Gasteiger partial charge in [-0.15, -0.1) is 0 Å². The van der Waals surface area contributed by atoms with Crippen molar-refractivity contribution in [1.82, 2.24) is 14.7 Å². The molecule has 31 heavy (non-hydrogen) atoms. The van der Waals surface area contributed by atoms with Crippen molar-refractivity contribution in [3.63, 3.8) is 0 Å². The number of nitrogens with zero attached hydrogens (tertiary/aromatic N) is 3. The van der Waals surface area contributed by atoms with Crippen LogP contribution in [0.25, 0.3) is 0 Å². The number of carbonyl (C=O) groups excluding carboxylic acids is 1. The van der Waals surface area contributed by atoms with Crippen molar-refractivity contribution in [3.05, 3.63) is 93.2 Å². The summed E-state index contributed by atoms with van der Waals surface area (Å²) in [6.45, 7) is 2.50. The first kappa shape index (κ1) is 19.5. The van der Waals surface area contributed by atoms with Crippen LogP contribution >= 0.6 is 0 Å². The number of rotatable bonds is 3. The summed E-state index contributed by atoms with van der Waals surface area (Å²) in [5.74, 6) is -1.82. The number of carbonyl (C=O) groups is 1. The van der Waals surface area contributed by atoms with Crippen LogP contribution in [0.1, 0.15) is 52.0 Å². The van der Waals surface area contributed by atoms with Gasteiger partial charge in [-0.1, -0.05) is 42.5 Å². The van der Waals surface area contributed by atoms with Gasteiger partial charge in [0.1, 0.15) is 5.82 Å². The molecule has 1 saturated heterocycles. The maximum atomic E-state index is 15.1. The lowest BCUT2D eigenvalue weighted by molar-refractivity contribution is 0.0564. The van der Waals surface area contributed by atoms with E-state index in [1.165, 1.54) is 10.7 Å². The summed E-state index contributed by atoms with van der Waals surface area (Å²) in [5, 5.41) is 14.8. The first-order chi connectivity index (χ1) is 15.0. The van der Waals surface area contributed by atoms with Crippen molar-refractivity contribution in [2.75, 3.05) is 6.54 Å². The molecule has 0 spiro atoms. The maximum absolute atomic E-state index is 15.1. The van der Waals surface area contributed by atoms with Crippen molar-refractivity contribution in [3.8, 4) is 5.75 Å². The predicted octanol–water partition coefficient (Wildman–Crippen LogP) is 3.39. The Hall–Kier alpha value is -3.48. The van der Waals surface area contributed by atoms with E-state index in [2.05, 4.69) is 5.10 Å². The number of benzene rings is 2. The second-order valence-corrected chi connectivity index (χ2v) is 8.21. The summed E-state index contributed by atoms with van der Waals surface area (Å²) in [5.41, 5.74) is 1.59. The number of hydrogen-bond donors (Lipinski definition) is 1. The second kappa shape index (κ2) is 7.34. The zero-order chi connectivity index (χ0) is 21.7. The molecule has 3 aromatic rings. The molecule has 6 nitrogen and oxygen atoms in total. The summed E-state index contributed by atoms with van der Waals surface area (Å²) in [6.07, 6.45) is 2.56. The molecule has 1 N–H and O–H groups in total. The first-order valence-corrected chi connectivity index (χ1v) is 10.4. The highest BCUT2D eigenvalue weighted by Crippen LogP contribution is 2.46. The van der Waals surface area contributed by atoms with Gasteiger partial charge in [-0.3, -0.25) is 14.3 Å². The van der Waals surface area contributed by atoms with Crippen LogP contribution < -0.4 is 5.43 Å². The molecule has 1 aromatic heterocycles. The molecule has 2 aliphatic heterocycles. The number of hydrogen-bond acceptors (Lipinski definition) is 4. The fourth-order valence-electron chi connectivity index (χ4n) is 5.14. The van der Waals surface area contributed by atoms with Gasteiger partial charge in [0.05, 0.1) is 18.3 Å². The molecule has 1 unspecified atom stereocenters. The maximum Gasteiger partial charge on any atom is 0.276 e. The van der Waals surface area contributed by atoms with E-state index in [9.17, 15) is 14.7 Å². The van der Waals surface area contributed by atoms with Gasteiger partial charge in [-0.25, -0.2) is 4.39 Å². The average molecular weight is 419 g/mol. The van der Waals surface area contributed by atoms with Gasteiger partial charge in [-0.2, -0.15) is 5.10 Å². The van der Waals surface area contributed by atoms with E-state index in [1.54, 1.807) is 23.1 Å². The number of amides is 1. The molecule has 158 valence electrons. The SMILES string of the molecule is Cc1ccccc1C(c1ccccc1F)[C@H]1[C@H]2CCCN2C(=O)c2c(O)c(=O)cnn21. The number of fused-ring (bicyclic) bond motifs is 2. The Labute approximate surface area is 178 Å². The molecule has 2 aromatic carbocycles. The summed E-state index contributed by atoms with van der Waals surface area (Å²) >= 11 is 0. The van der Waals surface area contributed by atoms with E-state index in [4.69, 9.17) is 0 Å². The van der Waals surface area contributed by atoms with Gasteiger partial charge in [0.15, 0.2) is 11.4 Å². The highest BCUT2D eigenvalue weighted by molar-refractivity contribution is 5.96. The highest BCUT2D eigenvalue weighted by atomic mass is 19.1. The molecule has 2 aliphatic rings. The fourth-order valence-corrected chi connectivity index (χ4v) is 5.14. The van der Waals surface area contributed by atoms with E-state index in [1.807, 2.05) is 31.2 Å². The van der Waals surface area contributed by atoms with Gasteiger partial charge < -0.3 is 10.0 Å². The van der Waals surface area contributed by atoms with Crippen LogP contribution in [-0.4, -0.2) is 38.3 Å². The third-order valence-electron chi connectivity index (χ3n) is 6.53. The highest BCUT2D eigenvalue weighted by Gasteiger charge is 2.48. The minimum absolute atomic E-state index is 0.120. The van der Waals surface area contributed by atoms with Gasteiger partial charge in [0.2, 0.25) is 5.43 Å². The van der Waals surface area contributed by atoms with Gasteiger partial charge in [0.25, 0.3) is 5.91 Å². The lowest BCUT2D eigenvalue weighted by atomic mass is 9.78. The van der Waals surface area contributed by atoms with Gasteiger partial charge in [0, 0.05) is 12.5 Å². The third-order valence-corrected chi connectivity index (χ3v) is 6.53. The normalized spacial score (nSPS) is 21.0. The van der Waals surface area contributed by atoms with E-state index in [0.29, 0.717) is 12.1 Å². The standard InChI is InChI=1S/C24H22FN3O3/c1-14-7-2-3-8-15(14)20(16-9-4-5-10-17(16)25)21-18-11-6-12-27(18)24(31)22-23(30)19(29)13-26-28(21)22/h2-5,7-10,13,18,20-21,30H,6,11-12H2,1H3/t18-,20?,21-/m1/s1. The van der Waals surface area contributed by atoms with Crippen LogP contribution in [0, 0.1) is 12.7 Å². The first-order valence-electron chi connectivity index (χ1n) is 10.4. The third kappa shape index (κ3) is 2.95. The fraction of sp³-hybridized carbons (Fsp3) is 0.292. The molecule has 5 rings (SSSR count). The molecular weight excluding hydrogens is 397 g/mol. The summed E-state index contributed by atoms with van der Waals surface area (Å²) in [6, 6.07) is 13.7. The van der Waals surface area contributed by atoms with Crippen LogP contribution in [0.2, 0.25) is 0 Å². The van der Waals surface area contributed by atoms with E-state index in [0.717, 1.165) is 30.2 Å². The molecule has 3 atom stereocenters. The number of aromatic hydroxyl groups is 1. The van der Waals surface area contributed by atoms with Gasteiger partial charge >= 0.3 is 0 Å². The Bertz CT molecular complexity index is 1190. The van der Waals surface area contributed by atoms with Crippen molar-refractivity contribution in [1.29, 1.82) is 0 Å². The van der Waals surface area contributed by atoms with E-state index in [-0.39, 0.29) is 17.6 Å². The molecule has 1 fully saturated rings. The molecule has 3 heterocycles. The lowest BCUT2D eigenvalue weighted by Crippen LogP contribution is -2.51. The van der Waals surface area contributed by atoms with Crippen molar-refractivity contribution in [2.45, 2.75) is 37.8 Å². The minimum atomic E-state index is -0.700. The zero-order valence-corrected chi connectivity index (χ0v) is 17.0. The lowest BCUT2D eigenvalue weighted by Gasteiger charge is -2.43. The molecule has 0 saturated carbocycles. The predicted molar refractivity (Wildman–Crippen MR) is 113 cm³/mol. The van der Waals surface area contributed by atoms with Crippen LogP contribution in [0.15, 0.2) is 59.5 Å². The Kier molecular flexibility index (Phi) is 4.61. The molecule has 7 heteroatoms. The molecule has 1 amide bonds. The zero-order valence-electron chi connectivity index (χ0n) is 17.0. The topological polar surface area (TPSA) is 75.4 Å². The van der Waals surface area contributed by atoms with E-state index >= 15 is 4.39 Å². The second-order valence-electron chi connectivity index (χ2n) is 8.21. The molecule has 0 bridgehead atoms. The van der Waals surface area contributed by atoms with Crippen LogP contribution in [0.4, 0.5) is 4.39 Å². The van der Waals surface area contributed by atoms with Gasteiger partial charge in [-0.05, 0) is 42.5 Å². The Morgan fingerprint density at radius 2 is 1.81 bits per heavy atom. The Morgan fingerprint density at radius 3 is 2.55 bits per heavy atom. The average Bonchev–Trinajstić information content (AvgIpc) is 3.25. The van der Waals surface area contributed by atoms with Crippen LogP contribution in [0.5, 0.6) is 5.75 Å². The Morgan fingerprint density at radius 1 is 1.10 bits per heavy atom. The number of halogens is 1. The quantitative estimate of drug-likeness (QED) is 0.706. The van der Waals surface area contributed by atoms with Crippen molar-refractivity contribution >= 4 is 5.91 Å². The smallest absolute Gasteiger partial charge is 0.276 e. The molecular formula is C24H22FN3O3. The summed E-state index contributed by atoms with van der Waals surface area (Å²) in [4.78, 5) is 26.9. The summed E-state index contributed by atoms with van der Waals surface area (Å²) in [7, 11) is 0. The minimum Gasteiger partial charge on any atom is -0.502 e. The van der Waals surface area contributed by atoms with Crippen molar-refractivity contribution in [2.24, 2.45) is 0 Å². The number of aryl methyl sites for hydroxylation is 1.